The Bertz CT molecular complexity index is 622. The predicted molar refractivity (Wildman–Crippen MR) is 78.0 cm³/mol. The van der Waals surface area contributed by atoms with Crippen LogP contribution in [0.4, 0.5) is 0 Å². The smallest absolute Gasteiger partial charge is 0.257 e. The maximum Gasteiger partial charge on any atom is 0.257 e. The van der Waals surface area contributed by atoms with Crippen LogP contribution in [0, 0.1) is 6.92 Å². The number of hydrogen-bond acceptors (Lipinski definition) is 3. The zero-order valence-corrected chi connectivity index (χ0v) is 12.5. The SMILES string of the molecule is CCc1onc(C)c1C(=O)NC(C)c1ccccc1Cl. The molecule has 1 N–H and O–H groups in total. The second-order valence-corrected chi connectivity index (χ2v) is 5.04. The van der Waals surface area contributed by atoms with Crippen molar-refractivity contribution in [2.75, 3.05) is 0 Å². The second kappa shape index (κ2) is 6.09. The van der Waals surface area contributed by atoms with E-state index in [0.717, 1.165) is 5.56 Å². The molecular formula is C15H17ClN2O2. The third kappa shape index (κ3) is 2.85. The standard InChI is InChI=1S/C15H17ClN2O2/c1-4-13-14(10(3)18-20-13)15(19)17-9(2)11-7-5-6-8-12(11)16/h5-9H,4H2,1-3H3,(H,17,19). The number of amides is 1. The lowest BCUT2D eigenvalue weighted by Gasteiger charge is -2.15. The van der Waals surface area contributed by atoms with Crippen LogP contribution in [0.2, 0.25) is 5.02 Å². The topological polar surface area (TPSA) is 55.1 Å². The van der Waals surface area contributed by atoms with E-state index in [2.05, 4.69) is 10.5 Å². The maximum atomic E-state index is 12.3. The molecule has 0 aliphatic rings. The Labute approximate surface area is 123 Å². The van der Waals surface area contributed by atoms with Gasteiger partial charge < -0.3 is 9.84 Å². The summed E-state index contributed by atoms with van der Waals surface area (Å²) >= 11 is 6.14. The van der Waals surface area contributed by atoms with Gasteiger partial charge in [0, 0.05) is 11.4 Å². The van der Waals surface area contributed by atoms with Crippen molar-refractivity contribution in [3.8, 4) is 0 Å². The average Bonchev–Trinajstić information content (AvgIpc) is 2.80. The number of nitrogens with one attached hydrogen (secondary N) is 1. The van der Waals surface area contributed by atoms with Crippen molar-refractivity contribution in [3.05, 3.63) is 51.9 Å². The summed E-state index contributed by atoms with van der Waals surface area (Å²) in [6, 6.07) is 7.28. The highest BCUT2D eigenvalue weighted by atomic mass is 35.5. The molecule has 5 heteroatoms. The number of carbonyl (C=O) groups excluding carboxylic acids is 1. The summed E-state index contributed by atoms with van der Waals surface area (Å²) in [4.78, 5) is 12.3. The van der Waals surface area contributed by atoms with E-state index in [1.165, 1.54) is 0 Å². The zero-order chi connectivity index (χ0) is 14.7. The largest absolute Gasteiger partial charge is 0.360 e. The van der Waals surface area contributed by atoms with E-state index in [9.17, 15) is 4.79 Å². The number of carbonyl (C=O) groups is 1. The van der Waals surface area contributed by atoms with Gasteiger partial charge >= 0.3 is 0 Å². The lowest BCUT2D eigenvalue weighted by Crippen LogP contribution is -2.27. The fourth-order valence-corrected chi connectivity index (χ4v) is 2.42. The van der Waals surface area contributed by atoms with Crippen molar-refractivity contribution in [3.63, 3.8) is 0 Å². The van der Waals surface area contributed by atoms with Crippen molar-refractivity contribution in [1.29, 1.82) is 0 Å². The fourth-order valence-electron chi connectivity index (χ4n) is 2.12. The first kappa shape index (κ1) is 14.6. The van der Waals surface area contributed by atoms with Crippen LogP contribution < -0.4 is 5.32 Å². The molecule has 0 aliphatic carbocycles. The maximum absolute atomic E-state index is 12.3. The minimum atomic E-state index is -0.187. The molecule has 1 amide bonds. The highest BCUT2D eigenvalue weighted by molar-refractivity contribution is 6.31. The van der Waals surface area contributed by atoms with Crippen LogP contribution >= 0.6 is 11.6 Å². The van der Waals surface area contributed by atoms with E-state index in [-0.39, 0.29) is 11.9 Å². The van der Waals surface area contributed by atoms with Crippen molar-refractivity contribution in [2.24, 2.45) is 0 Å². The molecule has 0 saturated heterocycles. The van der Waals surface area contributed by atoms with Crippen LogP contribution in [0.3, 0.4) is 0 Å². The van der Waals surface area contributed by atoms with Crippen LogP contribution in [0.1, 0.15) is 47.3 Å². The number of aryl methyl sites for hydroxylation is 2. The molecule has 1 unspecified atom stereocenters. The molecule has 0 spiro atoms. The number of rotatable bonds is 4. The van der Waals surface area contributed by atoms with Gasteiger partial charge in [-0.3, -0.25) is 4.79 Å². The summed E-state index contributed by atoms with van der Waals surface area (Å²) in [5, 5.41) is 7.41. The summed E-state index contributed by atoms with van der Waals surface area (Å²) in [5.74, 6) is 0.416. The lowest BCUT2D eigenvalue weighted by atomic mass is 10.1. The molecule has 2 aromatic rings. The third-order valence-electron chi connectivity index (χ3n) is 3.20. The van der Waals surface area contributed by atoms with Gasteiger partial charge in [-0.05, 0) is 25.5 Å². The van der Waals surface area contributed by atoms with Crippen LogP contribution in [-0.4, -0.2) is 11.1 Å². The molecule has 20 heavy (non-hydrogen) atoms. The Morgan fingerprint density at radius 2 is 2.15 bits per heavy atom. The predicted octanol–water partition coefficient (Wildman–Crippen LogP) is 3.69. The first-order valence-electron chi connectivity index (χ1n) is 6.55. The molecule has 106 valence electrons. The Morgan fingerprint density at radius 3 is 2.80 bits per heavy atom. The van der Waals surface area contributed by atoms with Gasteiger partial charge in [-0.15, -0.1) is 0 Å². The second-order valence-electron chi connectivity index (χ2n) is 4.64. The van der Waals surface area contributed by atoms with Gasteiger partial charge in [0.05, 0.1) is 11.7 Å². The quantitative estimate of drug-likeness (QED) is 0.935. The molecule has 0 bridgehead atoms. The van der Waals surface area contributed by atoms with E-state index >= 15 is 0 Å². The van der Waals surface area contributed by atoms with Crippen LogP contribution in [0.25, 0.3) is 0 Å². The minimum absolute atomic E-state index is 0.185. The Hall–Kier alpha value is -1.81. The van der Waals surface area contributed by atoms with Gasteiger partial charge in [0.2, 0.25) is 0 Å². The monoisotopic (exact) mass is 292 g/mol. The summed E-state index contributed by atoms with van der Waals surface area (Å²) in [5.41, 5.74) is 2.01. The molecular weight excluding hydrogens is 276 g/mol. The van der Waals surface area contributed by atoms with Crippen LogP contribution in [-0.2, 0) is 6.42 Å². The number of aromatic nitrogens is 1. The molecule has 1 aromatic carbocycles. The normalized spacial score (nSPS) is 12.2. The number of halogens is 1. The molecule has 2 rings (SSSR count). The van der Waals surface area contributed by atoms with E-state index in [1.807, 2.05) is 38.1 Å². The van der Waals surface area contributed by atoms with Gasteiger partial charge in [-0.25, -0.2) is 0 Å². The molecule has 1 aromatic heterocycles. The highest BCUT2D eigenvalue weighted by Crippen LogP contribution is 2.23. The van der Waals surface area contributed by atoms with Gasteiger partial charge in [0.25, 0.3) is 5.91 Å². The summed E-state index contributed by atoms with van der Waals surface area (Å²) < 4.78 is 5.14. The van der Waals surface area contributed by atoms with Gasteiger partial charge in [0.15, 0.2) is 0 Å². The van der Waals surface area contributed by atoms with E-state index in [1.54, 1.807) is 6.92 Å². The minimum Gasteiger partial charge on any atom is -0.360 e. The molecule has 0 saturated carbocycles. The fraction of sp³-hybridized carbons (Fsp3) is 0.333. The van der Waals surface area contributed by atoms with Crippen LogP contribution in [0.5, 0.6) is 0 Å². The first-order chi connectivity index (χ1) is 9.54. The number of benzene rings is 1. The summed E-state index contributed by atoms with van der Waals surface area (Å²) in [6.45, 7) is 5.58. The van der Waals surface area contributed by atoms with Crippen molar-refractivity contribution in [2.45, 2.75) is 33.2 Å². The van der Waals surface area contributed by atoms with Gasteiger partial charge in [-0.1, -0.05) is 41.9 Å². The van der Waals surface area contributed by atoms with E-state index in [0.29, 0.717) is 28.5 Å². The Morgan fingerprint density at radius 1 is 1.45 bits per heavy atom. The highest BCUT2D eigenvalue weighted by Gasteiger charge is 2.21. The van der Waals surface area contributed by atoms with Crippen molar-refractivity contribution in [1.82, 2.24) is 10.5 Å². The number of nitrogens with zero attached hydrogens (tertiary/aromatic N) is 1. The van der Waals surface area contributed by atoms with Gasteiger partial charge in [0.1, 0.15) is 11.3 Å². The molecule has 1 atom stereocenters. The van der Waals surface area contributed by atoms with Crippen molar-refractivity contribution < 1.29 is 9.32 Å². The summed E-state index contributed by atoms with van der Waals surface area (Å²) in [7, 11) is 0. The average molecular weight is 293 g/mol. The molecule has 1 heterocycles. The molecule has 0 aliphatic heterocycles. The zero-order valence-electron chi connectivity index (χ0n) is 11.7. The molecule has 0 fully saturated rings. The van der Waals surface area contributed by atoms with Crippen LogP contribution in [0.15, 0.2) is 28.8 Å². The number of hydrogen-bond donors (Lipinski definition) is 1. The Balaban J connectivity index is 2.20. The lowest BCUT2D eigenvalue weighted by molar-refractivity contribution is 0.0937. The van der Waals surface area contributed by atoms with E-state index in [4.69, 9.17) is 16.1 Å². The Kier molecular flexibility index (Phi) is 4.45. The molecule has 4 nitrogen and oxygen atoms in total. The van der Waals surface area contributed by atoms with E-state index < -0.39 is 0 Å². The third-order valence-corrected chi connectivity index (χ3v) is 3.55. The van der Waals surface area contributed by atoms with Gasteiger partial charge in [-0.2, -0.15) is 0 Å². The van der Waals surface area contributed by atoms with Crippen molar-refractivity contribution >= 4 is 17.5 Å². The summed E-state index contributed by atoms with van der Waals surface area (Å²) in [6.07, 6.45) is 0.629. The first-order valence-corrected chi connectivity index (χ1v) is 6.92. The molecule has 0 radical (unpaired) electrons.